The molecule has 112 valence electrons. The number of anilines is 2. The predicted octanol–water partition coefficient (Wildman–Crippen LogP) is 5.21. The molecule has 2 aromatic heterocycles. The van der Waals surface area contributed by atoms with Crippen molar-refractivity contribution >= 4 is 11.6 Å². The first-order valence-electron chi connectivity index (χ1n) is 7.88. The highest BCUT2D eigenvalue weighted by atomic mass is 15.0. The predicted molar refractivity (Wildman–Crippen MR) is 89.1 cm³/mol. The molecule has 0 amide bonds. The van der Waals surface area contributed by atoms with Crippen LogP contribution in [-0.2, 0) is 0 Å². The second-order valence-electron chi connectivity index (χ2n) is 5.59. The van der Waals surface area contributed by atoms with Crippen molar-refractivity contribution in [2.75, 3.05) is 5.32 Å². The van der Waals surface area contributed by atoms with Crippen molar-refractivity contribution in [3.63, 3.8) is 0 Å². The lowest BCUT2D eigenvalue weighted by molar-refractivity contribution is 0.560. The Bertz CT molecular complexity index is 560. The molecule has 0 bridgehead atoms. The minimum atomic E-state index is 0.633. The van der Waals surface area contributed by atoms with Gasteiger partial charge in [0.15, 0.2) is 0 Å². The number of nitrogens with one attached hydrogen (secondary N) is 1. The largest absolute Gasteiger partial charge is 0.325 e. The Balaban J connectivity index is 2.16. The van der Waals surface area contributed by atoms with Gasteiger partial charge in [0.05, 0.1) is 0 Å². The zero-order chi connectivity index (χ0) is 15.1. The van der Waals surface area contributed by atoms with Crippen LogP contribution in [0, 0.1) is 6.92 Å². The fourth-order valence-corrected chi connectivity index (χ4v) is 2.68. The summed E-state index contributed by atoms with van der Waals surface area (Å²) in [6.45, 7) is 6.56. The van der Waals surface area contributed by atoms with E-state index in [1.807, 2.05) is 24.5 Å². The molecule has 0 saturated carbocycles. The summed E-state index contributed by atoms with van der Waals surface area (Å²) in [4.78, 5) is 8.75. The van der Waals surface area contributed by atoms with Gasteiger partial charge < -0.3 is 5.32 Å². The molecule has 0 spiro atoms. The quantitative estimate of drug-likeness (QED) is 0.757. The lowest BCUT2D eigenvalue weighted by atomic mass is 9.91. The number of pyridine rings is 2. The molecule has 2 heterocycles. The highest BCUT2D eigenvalue weighted by Gasteiger charge is 2.10. The van der Waals surface area contributed by atoms with Gasteiger partial charge in [0.1, 0.15) is 11.6 Å². The summed E-state index contributed by atoms with van der Waals surface area (Å²) in [5, 5.41) is 3.30. The van der Waals surface area contributed by atoms with Gasteiger partial charge >= 0.3 is 0 Å². The molecule has 0 atom stereocenters. The molecule has 0 aliphatic carbocycles. The minimum absolute atomic E-state index is 0.633. The molecule has 21 heavy (non-hydrogen) atoms. The third-order valence-corrected chi connectivity index (χ3v) is 3.70. The van der Waals surface area contributed by atoms with Crippen molar-refractivity contribution in [2.24, 2.45) is 0 Å². The van der Waals surface area contributed by atoms with Gasteiger partial charge in [-0.25, -0.2) is 9.97 Å². The number of hydrogen-bond donors (Lipinski definition) is 1. The fourth-order valence-electron chi connectivity index (χ4n) is 2.68. The van der Waals surface area contributed by atoms with Gasteiger partial charge in [-0.3, -0.25) is 0 Å². The van der Waals surface area contributed by atoms with Gasteiger partial charge in [-0.1, -0.05) is 26.7 Å². The topological polar surface area (TPSA) is 37.8 Å². The van der Waals surface area contributed by atoms with Crippen molar-refractivity contribution in [2.45, 2.75) is 52.4 Å². The Kier molecular flexibility index (Phi) is 5.73. The lowest BCUT2D eigenvalue weighted by Gasteiger charge is -2.16. The smallest absolute Gasteiger partial charge is 0.131 e. The molecular weight excluding hydrogens is 258 g/mol. The van der Waals surface area contributed by atoms with Gasteiger partial charge in [-0.2, -0.15) is 0 Å². The van der Waals surface area contributed by atoms with E-state index in [2.05, 4.69) is 48.2 Å². The van der Waals surface area contributed by atoms with E-state index in [4.69, 9.17) is 0 Å². The first-order valence-corrected chi connectivity index (χ1v) is 7.88. The van der Waals surface area contributed by atoms with Crippen LogP contribution in [0.4, 0.5) is 11.6 Å². The van der Waals surface area contributed by atoms with Gasteiger partial charge in [-0.15, -0.1) is 0 Å². The highest BCUT2D eigenvalue weighted by Crippen LogP contribution is 2.27. The summed E-state index contributed by atoms with van der Waals surface area (Å²) in [5.74, 6) is 2.36. The van der Waals surface area contributed by atoms with Crippen LogP contribution >= 0.6 is 0 Å². The molecule has 3 heteroatoms. The van der Waals surface area contributed by atoms with Gasteiger partial charge in [-0.05, 0) is 61.1 Å². The van der Waals surface area contributed by atoms with E-state index in [0.29, 0.717) is 5.92 Å². The van der Waals surface area contributed by atoms with Crippen molar-refractivity contribution in [1.82, 2.24) is 9.97 Å². The highest BCUT2D eigenvalue weighted by molar-refractivity contribution is 5.53. The van der Waals surface area contributed by atoms with Gasteiger partial charge in [0.2, 0.25) is 0 Å². The molecule has 0 fully saturated rings. The third kappa shape index (κ3) is 4.55. The van der Waals surface area contributed by atoms with Crippen molar-refractivity contribution in [1.29, 1.82) is 0 Å². The normalized spacial score (nSPS) is 10.9. The zero-order valence-corrected chi connectivity index (χ0v) is 13.3. The first kappa shape index (κ1) is 15.5. The van der Waals surface area contributed by atoms with E-state index in [1.54, 1.807) is 0 Å². The zero-order valence-electron chi connectivity index (χ0n) is 13.3. The molecule has 3 nitrogen and oxygen atoms in total. The molecule has 0 saturated heterocycles. The van der Waals surface area contributed by atoms with Crippen LogP contribution in [0.3, 0.4) is 0 Å². The SMILES string of the molecule is CCCC(CCC)c1ccnc(Nc2cc(C)ccn2)c1. The average molecular weight is 283 g/mol. The van der Waals surface area contributed by atoms with E-state index in [0.717, 1.165) is 11.6 Å². The average Bonchev–Trinajstić information content (AvgIpc) is 2.47. The van der Waals surface area contributed by atoms with Crippen LogP contribution in [0.25, 0.3) is 0 Å². The van der Waals surface area contributed by atoms with Crippen LogP contribution in [-0.4, -0.2) is 9.97 Å². The van der Waals surface area contributed by atoms with E-state index < -0.39 is 0 Å². The fraction of sp³-hybridized carbons (Fsp3) is 0.444. The number of nitrogens with zero attached hydrogens (tertiary/aromatic N) is 2. The Hall–Kier alpha value is -1.90. The molecule has 0 unspecified atom stereocenters. The Morgan fingerprint density at radius 3 is 2.19 bits per heavy atom. The number of rotatable bonds is 7. The monoisotopic (exact) mass is 283 g/mol. The molecule has 0 aliphatic heterocycles. The van der Waals surface area contributed by atoms with Crippen molar-refractivity contribution in [3.05, 3.63) is 47.8 Å². The summed E-state index contributed by atoms with van der Waals surface area (Å²) < 4.78 is 0. The number of aryl methyl sites for hydroxylation is 1. The molecule has 0 aromatic carbocycles. The second kappa shape index (κ2) is 7.77. The molecular formula is C18H25N3. The van der Waals surface area contributed by atoms with E-state index in [1.165, 1.54) is 36.8 Å². The molecule has 2 aromatic rings. The van der Waals surface area contributed by atoms with Gasteiger partial charge in [0, 0.05) is 12.4 Å². The van der Waals surface area contributed by atoms with Crippen LogP contribution in [0.1, 0.15) is 56.6 Å². The van der Waals surface area contributed by atoms with Gasteiger partial charge in [0.25, 0.3) is 0 Å². The van der Waals surface area contributed by atoms with Crippen LogP contribution in [0.2, 0.25) is 0 Å². The van der Waals surface area contributed by atoms with E-state index >= 15 is 0 Å². The third-order valence-electron chi connectivity index (χ3n) is 3.70. The van der Waals surface area contributed by atoms with E-state index in [9.17, 15) is 0 Å². The Morgan fingerprint density at radius 1 is 0.952 bits per heavy atom. The Labute approximate surface area is 127 Å². The number of aromatic nitrogens is 2. The number of hydrogen-bond acceptors (Lipinski definition) is 3. The molecule has 0 aliphatic rings. The van der Waals surface area contributed by atoms with Crippen LogP contribution in [0.5, 0.6) is 0 Å². The van der Waals surface area contributed by atoms with Crippen LogP contribution in [0.15, 0.2) is 36.7 Å². The summed E-state index contributed by atoms with van der Waals surface area (Å²) in [6.07, 6.45) is 8.62. The molecule has 0 radical (unpaired) electrons. The first-order chi connectivity index (χ1) is 10.2. The summed E-state index contributed by atoms with van der Waals surface area (Å²) in [6, 6.07) is 8.34. The molecule has 1 N–H and O–H groups in total. The standard InChI is InChI=1S/C18H25N3/c1-4-6-15(7-5-2)16-9-11-20-18(13-16)21-17-12-14(3)8-10-19-17/h8-13,15H,4-7H2,1-3H3,(H,19,20,21). The summed E-state index contributed by atoms with van der Waals surface area (Å²) in [5.41, 5.74) is 2.57. The maximum Gasteiger partial charge on any atom is 0.131 e. The van der Waals surface area contributed by atoms with Crippen molar-refractivity contribution < 1.29 is 0 Å². The minimum Gasteiger partial charge on any atom is -0.325 e. The maximum absolute atomic E-state index is 4.42. The maximum atomic E-state index is 4.42. The van der Waals surface area contributed by atoms with Crippen LogP contribution < -0.4 is 5.32 Å². The lowest BCUT2D eigenvalue weighted by Crippen LogP contribution is -2.01. The van der Waals surface area contributed by atoms with Crippen molar-refractivity contribution in [3.8, 4) is 0 Å². The second-order valence-corrected chi connectivity index (χ2v) is 5.59. The Morgan fingerprint density at radius 2 is 1.57 bits per heavy atom. The van der Waals surface area contributed by atoms with E-state index in [-0.39, 0.29) is 0 Å². The summed E-state index contributed by atoms with van der Waals surface area (Å²) in [7, 11) is 0. The summed E-state index contributed by atoms with van der Waals surface area (Å²) >= 11 is 0. The molecule has 2 rings (SSSR count).